The lowest BCUT2D eigenvalue weighted by Crippen LogP contribution is -2.34. The van der Waals surface area contributed by atoms with Gasteiger partial charge in [0.25, 0.3) is 0 Å². The van der Waals surface area contributed by atoms with Gasteiger partial charge in [0.1, 0.15) is 11.9 Å². The fourth-order valence-electron chi connectivity index (χ4n) is 0.948. The van der Waals surface area contributed by atoms with Gasteiger partial charge in [0.05, 0.1) is 13.7 Å². The number of nitrogens with zero attached hydrogens (tertiary/aromatic N) is 1. The normalized spacial score (nSPS) is 11.9. The van der Waals surface area contributed by atoms with Crippen LogP contribution in [0.1, 0.15) is 0 Å². The van der Waals surface area contributed by atoms with E-state index < -0.39 is 12.0 Å². The minimum Gasteiger partial charge on any atom is -0.467 e. The van der Waals surface area contributed by atoms with E-state index in [9.17, 15) is 4.79 Å². The number of anilines is 1. The van der Waals surface area contributed by atoms with Gasteiger partial charge in [-0.15, -0.1) is 0 Å². The maximum Gasteiger partial charge on any atom is 0.330 e. The number of aliphatic hydroxyl groups is 1. The molecule has 5 heteroatoms. The molecule has 0 aromatic carbocycles. The van der Waals surface area contributed by atoms with Crippen LogP contribution in [0.15, 0.2) is 24.4 Å². The van der Waals surface area contributed by atoms with Crippen LogP contribution in [0.25, 0.3) is 0 Å². The van der Waals surface area contributed by atoms with Crippen molar-refractivity contribution < 1.29 is 14.6 Å². The van der Waals surface area contributed by atoms with Gasteiger partial charge in [-0.1, -0.05) is 6.07 Å². The van der Waals surface area contributed by atoms with Gasteiger partial charge in [0.2, 0.25) is 0 Å². The quantitative estimate of drug-likeness (QED) is 0.665. The van der Waals surface area contributed by atoms with Gasteiger partial charge in [-0.3, -0.25) is 0 Å². The smallest absolute Gasteiger partial charge is 0.330 e. The number of aliphatic hydroxyl groups excluding tert-OH is 1. The third kappa shape index (κ3) is 2.70. The molecule has 0 spiro atoms. The molecule has 0 fully saturated rings. The van der Waals surface area contributed by atoms with Crippen LogP contribution in [-0.4, -0.2) is 35.8 Å². The van der Waals surface area contributed by atoms with Crippen LogP contribution in [0.3, 0.4) is 0 Å². The largest absolute Gasteiger partial charge is 0.467 e. The molecule has 0 bridgehead atoms. The number of methoxy groups -OCH3 is 1. The molecular weight excluding hydrogens is 184 g/mol. The molecule has 0 saturated heterocycles. The second kappa shape index (κ2) is 5.18. The summed E-state index contributed by atoms with van der Waals surface area (Å²) in [5.74, 6) is 0.00935. The van der Waals surface area contributed by atoms with Gasteiger partial charge >= 0.3 is 5.97 Å². The fraction of sp³-hybridized carbons (Fsp3) is 0.333. The average molecular weight is 196 g/mol. The molecule has 1 atom stereocenters. The Bertz CT molecular complexity index is 289. The van der Waals surface area contributed by atoms with E-state index in [0.717, 1.165) is 0 Å². The first-order valence-corrected chi connectivity index (χ1v) is 4.14. The van der Waals surface area contributed by atoms with Crippen molar-refractivity contribution in [2.24, 2.45) is 0 Å². The third-order valence-electron chi connectivity index (χ3n) is 1.66. The summed E-state index contributed by atoms with van der Waals surface area (Å²) < 4.78 is 4.49. The third-order valence-corrected chi connectivity index (χ3v) is 1.66. The molecular formula is C9H12N2O3. The number of pyridine rings is 1. The van der Waals surface area contributed by atoms with Crippen molar-refractivity contribution in [2.75, 3.05) is 19.0 Å². The summed E-state index contributed by atoms with van der Waals surface area (Å²) in [4.78, 5) is 15.0. The Morgan fingerprint density at radius 1 is 1.71 bits per heavy atom. The first kappa shape index (κ1) is 10.5. The van der Waals surface area contributed by atoms with E-state index in [4.69, 9.17) is 5.11 Å². The van der Waals surface area contributed by atoms with Crippen molar-refractivity contribution in [1.82, 2.24) is 4.98 Å². The summed E-state index contributed by atoms with van der Waals surface area (Å²) in [6.07, 6.45) is 1.59. The summed E-state index contributed by atoms with van der Waals surface area (Å²) in [6, 6.07) is 4.47. The van der Waals surface area contributed by atoms with E-state index in [1.165, 1.54) is 7.11 Å². The zero-order chi connectivity index (χ0) is 10.4. The van der Waals surface area contributed by atoms with Crippen molar-refractivity contribution in [3.05, 3.63) is 24.4 Å². The average Bonchev–Trinajstić information content (AvgIpc) is 2.26. The summed E-state index contributed by atoms with van der Waals surface area (Å²) in [5.41, 5.74) is 0. The van der Waals surface area contributed by atoms with Gasteiger partial charge in [0.15, 0.2) is 0 Å². The number of nitrogens with one attached hydrogen (secondary N) is 1. The molecule has 0 radical (unpaired) electrons. The Kier molecular flexibility index (Phi) is 3.87. The first-order chi connectivity index (χ1) is 6.77. The Labute approximate surface area is 81.7 Å². The fourth-order valence-corrected chi connectivity index (χ4v) is 0.948. The van der Waals surface area contributed by atoms with Crippen LogP contribution >= 0.6 is 0 Å². The minimum absolute atomic E-state index is 0.330. The number of hydrogen-bond acceptors (Lipinski definition) is 5. The van der Waals surface area contributed by atoms with Crippen LogP contribution in [0.4, 0.5) is 5.82 Å². The van der Waals surface area contributed by atoms with E-state index >= 15 is 0 Å². The van der Waals surface area contributed by atoms with Gasteiger partial charge < -0.3 is 15.2 Å². The van der Waals surface area contributed by atoms with Crippen molar-refractivity contribution in [3.63, 3.8) is 0 Å². The number of carbonyl (C=O) groups excluding carboxylic acids is 1. The van der Waals surface area contributed by atoms with Crippen LogP contribution in [0.5, 0.6) is 0 Å². The molecule has 0 amide bonds. The molecule has 0 saturated carbocycles. The highest BCUT2D eigenvalue weighted by Gasteiger charge is 2.17. The summed E-state index contributed by atoms with van der Waals surface area (Å²) in [5, 5.41) is 11.6. The molecule has 5 nitrogen and oxygen atoms in total. The topological polar surface area (TPSA) is 71.5 Å². The predicted octanol–water partition coefficient (Wildman–Crippen LogP) is 0.0274. The number of aromatic nitrogens is 1. The summed E-state index contributed by atoms with van der Waals surface area (Å²) in [7, 11) is 1.27. The van der Waals surface area contributed by atoms with Gasteiger partial charge in [-0.2, -0.15) is 0 Å². The molecule has 14 heavy (non-hydrogen) atoms. The van der Waals surface area contributed by atoms with Gasteiger partial charge in [0, 0.05) is 6.20 Å². The van der Waals surface area contributed by atoms with Crippen molar-refractivity contribution in [3.8, 4) is 0 Å². The molecule has 1 aromatic rings. The lowest BCUT2D eigenvalue weighted by molar-refractivity contribution is -0.142. The first-order valence-electron chi connectivity index (χ1n) is 4.14. The molecule has 1 rings (SSSR count). The maximum atomic E-state index is 11.1. The van der Waals surface area contributed by atoms with E-state index in [2.05, 4.69) is 15.0 Å². The minimum atomic E-state index is -0.769. The summed E-state index contributed by atoms with van der Waals surface area (Å²) in [6.45, 7) is -0.330. The summed E-state index contributed by atoms with van der Waals surface area (Å²) >= 11 is 0. The second-order valence-electron chi connectivity index (χ2n) is 2.62. The molecule has 1 heterocycles. The van der Waals surface area contributed by atoms with Crippen molar-refractivity contribution in [2.45, 2.75) is 6.04 Å². The highest BCUT2D eigenvalue weighted by Crippen LogP contribution is 2.03. The molecule has 0 aliphatic heterocycles. The number of carbonyl (C=O) groups is 1. The van der Waals surface area contributed by atoms with Crippen molar-refractivity contribution >= 4 is 11.8 Å². The number of esters is 1. The molecule has 1 unspecified atom stereocenters. The lowest BCUT2D eigenvalue weighted by Gasteiger charge is -2.13. The second-order valence-corrected chi connectivity index (χ2v) is 2.62. The predicted molar refractivity (Wildman–Crippen MR) is 50.7 cm³/mol. The van der Waals surface area contributed by atoms with Crippen LogP contribution in [0.2, 0.25) is 0 Å². The number of rotatable bonds is 4. The van der Waals surface area contributed by atoms with Gasteiger partial charge in [-0.25, -0.2) is 9.78 Å². The molecule has 2 N–H and O–H groups in total. The molecule has 0 aliphatic carbocycles. The Morgan fingerprint density at radius 3 is 3.00 bits per heavy atom. The zero-order valence-electron chi connectivity index (χ0n) is 7.80. The zero-order valence-corrected chi connectivity index (χ0v) is 7.80. The van der Waals surface area contributed by atoms with Gasteiger partial charge in [-0.05, 0) is 12.1 Å². The number of ether oxygens (including phenoxy) is 1. The van der Waals surface area contributed by atoms with E-state index in [1.807, 2.05) is 0 Å². The van der Waals surface area contributed by atoms with Crippen LogP contribution in [0, 0.1) is 0 Å². The molecule has 76 valence electrons. The highest BCUT2D eigenvalue weighted by atomic mass is 16.5. The van der Waals surface area contributed by atoms with E-state index in [0.29, 0.717) is 5.82 Å². The maximum absolute atomic E-state index is 11.1. The van der Waals surface area contributed by atoms with E-state index in [1.54, 1.807) is 24.4 Å². The molecule has 1 aromatic heterocycles. The van der Waals surface area contributed by atoms with Crippen LogP contribution in [-0.2, 0) is 9.53 Å². The van der Waals surface area contributed by atoms with Crippen molar-refractivity contribution in [1.29, 1.82) is 0 Å². The number of hydrogen-bond donors (Lipinski definition) is 2. The molecule has 0 aliphatic rings. The van der Waals surface area contributed by atoms with E-state index in [-0.39, 0.29) is 6.61 Å². The highest BCUT2D eigenvalue weighted by molar-refractivity contribution is 5.78. The Hall–Kier alpha value is -1.62. The lowest BCUT2D eigenvalue weighted by atomic mass is 10.3. The van der Waals surface area contributed by atoms with Crippen LogP contribution < -0.4 is 5.32 Å². The monoisotopic (exact) mass is 196 g/mol. The standard InChI is InChI=1S/C9H12N2O3/c1-14-9(13)7(6-12)11-8-4-2-3-5-10-8/h2-5,7,12H,6H2,1H3,(H,10,11). The Morgan fingerprint density at radius 2 is 2.50 bits per heavy atom. The Balaban J connectivity index is 2.62. The SMILES string of the molecule is COC(=O)C(CO)Nc1ccccn1.